The zero-order valence-electron chi connectivity index (χ0n) is 11.1. The maximum atomic E-state index is 12.1. The predicted molar refractivity (Wildman–Crippen MR) is 79.9 cm³/mol. The second-order valence-electron chi connectivity index (χ2n) is 5.20. The maximum absolute atomic E-state index is 12.1. The average Bonchev–Trinajstić information content (AvgIpc) is 2.81. The summed E-state index contributed by atoms with van der Waals surface area (Å²) < 4.78 is 0.675. The first-order chi connectivity index (χ1) is 9.40. The van der Waals surface area contributed by atoms with Gasteiger partial charge in [0.15, 0.2) is 0 Å². The summed E-state index contributed by atoms with van der Waals surface area (Å²) in [6, 6.07) is 3.62. The topological polar surface area (TPSA) is 57.6 Å². The van der Waals surface area contributed by atoms with Crippen LogP contribution in [0, 0.1) is 5.41 Å². The molecular formula is C14H16ClNO3S. The first kappa shape index (κ1) is 15.1. The molecule has 1 aliphatic rings. The van der Waals surface area contributed by atoms with E-state index in [0.29, 0.717) is 23.7 Å². The number of halogens is 1. The number of piperidine rings is 1. The number of carbonyl (C=O) groups excluding carboxylic acids is 1. The Morgan fingerprint density at radius 2 is 2.25 bits per heavy atom. The Labute approximate surface area is 126 Å². The molecule has 2 heterocycles. The molecule has 0 saturated carbocycles. The van der Waals surface area contributed by atoms with E-state index < -0.39 is 11.4 Å². The van der Waals surface area contributed by atoms with Gasteiger partial charge in [-0.1, -0.05) is 11.6 Å². The molecule has 1 aromatic rings. The van der Waals surface area contributed by atoms with Crippen LogP contribution in [0.1, 0.15) is 24.6 Å². The number of carbonyl (C=O) groups is 2. The van der Waals surface area contributed by atoms with Gasteiger partial charge < -0.3 is 10.0 Å². The maximum Gasteiger partial charge on any atom is 0.311 e. The van der Waals surface area contributed by atoms with Gasteiger partial charge in [0.05, 0.1) is 9.75 Å². The van der Waals surface area contributed by atoms with Crippen LogP contribution < -0.4 is 0 Å². The second-order valence-corrected chi connectivity index (χ2v) is 6.95. The lowest BCUT2D eigenvalue weighted by atomic mass is 9.82. The number of rotatable bonds is 3. The number of carboxylic acids is 1. The van der Waals surface area contributed by atoms with Gasteiger partial charge in [-0.2, -0.15) is 0 Å². The van der Waals surface area contributed by atoms with E-state index in [1.54, 1.807) is 24.0 Å². The van der Waals surface area contributed by atoms with Crippen molar-refractivity contribution in [1.82, 2.24) is 4.90 Å². The third kappa shape index (κ3) is 3.41. The number of nitrogens with zero attached hydrogens (tertiary/aromatic N) is 1. The first-order valence-corrected chi connectivity index (χ1v) is 7.56. The Morgan fingerprint density at radius 3 is 2.85 bits per heavy atom. The minimum absolute atomic E-state index is 0.151. The van der Waals surface area contributed by atoms with Crippen molar-refractivity contribution in [2.24, 2.45) is 5.41 Å². The minimum Gasteiger partial charge on any atom is -0.481 e. The van der Waals surface area contributed by atoms with Crippen molar-refractivity contribution in [3.8, 4) is 0 Å². The molecule has 1 saturated heterocycles. The third-order valence-electron chi connectivity index (χ3n) is 3.51. The summed E-state index contributed by atoms with van der Waals surface area (Å²) in [6.45, 7) is 2.56. The van der Waals surface area contributed by atoms with Gasteiger partial charge in [0.25, 0.3) is 0 Å². The quantitative estimate of drug-likeness (QED) is 0.872. The summed E-state index contributed by atoms with van der Waals surface area (Å²) in [5, 5.41) is 9.24. The average molecular weight is 314 g/mol. The van der Waals surface area contributed by atoms with Gasteiger partial charge in [-0.25, -0.2) is 0 Å². The minimum atomic E-state index is -0.844. The van der Waals surface area contributed by atoms with Gasteiger partial charge in [0.2, 0.25) is 5.91 Å². The largest absolute Gasteiger partial charge is 0.481 e. The molecule has 4 nitrogen and oxygen atoms in total. The van der Waals surface area contributed by atoms with Gasteiger partial charge in [0, 0.05) is 24.0 Å². The molecule has 0 aromatic carbocycles. The van der Waals surface area contributed by atoms with Gasteiger partial charge in [-0.05, 0) is 38.0 Å². The highest BCUT2D eigenvalue weighted by atomic mass is 35.5. The van der Waals surface area contributed by atoms with Crippen LogP contribution >= 0.6 is 22.9 Å². The van der Waals surface area contributed by atoms with Crippen LogP contribution in [0.25, 0.3) is 6.08 Å². The summed E-state index contributed by atoms with van der Waals surface area (Å²) >= 11 is 7.22. The molecule has 0 bridgehead atoms. The van der Waals surface area contributed by atoms with Crippen LogP contribution in [0.4, 0.5) is 0 Å². The summed E-state index contributed by atoms with van der Waals surface area (Å²) in [5.41, 5.74) is -0.839. The standard InChI is InChI=1S/C14H16ClNO3S/c1-14(13(18)19)7-2-8-16(9-14)12(17)6-4-10-3-5-11(15)20-10/h3-6H,2,7-9H2,1H3,(H,18,19). The van der Waals surface area contributed by atoms with Gasteiger partial charge in [0.1, 0.15) is 0 Å². The van der Waals surface area contributed by atoms with Crippen molar-refractivity contribution >= 4 is 40.9 Å². The van der Waals surface area contributed by atoms with Crippen LogP contribution in [-0.2, 0) is 9.59 Å². The van der Waals surface area contributed by atoms with Crippen LogP contribution in [0.3, 0.4) is 0 Å². The normalized spacial score (nSPS) is 23.2. The second kappa shape index (κ2) is 5.97. The molecule has 1 unspecified atom stereocenters. The fourth-order valence-corrected chi connectivity index (χ4v) is 3.24. The van der Waals surface area contributed by atoms with Gasteiger partial charge in [-0.3, -0.25) is 9.59 Å². The molecule has 2 rings (SSSR count). The number of hydrogen-bond acceptors (Lipinski definition) is 3. The molecule has 1 N–H and O–H groups in total. The van der Waals surface area contributed by atoms with E-state index >= 15 is 0 Å². The lowest BCUT2D eigenvalue weighted by Crippen LogP contribution is -2.47. The molecule has 108 valence electrons. The molecule has 1 aliphatic heterocycles. The lowest BCUT2D eigenvalue weighted by Gasteiger charge is -2.37. The van der Waals surface area contributed by atoms with Crippen LogP contribution in [-0.4, -0.2) is 35.0 Å². The number of hydrogen-bond donors (Lipinski definition) is 1. The summed E-state index contributed by atoms with van der Waals surface area (Å²) in [6.07, 6.45) is 4.52. The van der Waals surface area contributed by atoms with Crippen molar-refractivity contribution in [2.75, 3.05) is 13.1 Å². The predicted octanol–water partition coefficient (Wildman–Crippen LogP) is 3.13. The van der Waals surface area contributed by atoms with E-state index in [1.807, 2.05) is 6.07 Å². The van der Waals surface area contributed by atoms with Crippen LogP contribution in [0.15, 0.2) is 18.2 Å². The first-order valence-electron chi connectivity index (χ1n) is 6.36. The Kier molecular flexibility index (Phi) is 4.50. The molecule has 0 radical (unpaired) electrons. The fraction of sp³-hybridized carbons (Fsp3) is 0.429. The van der Waals surface area contributed by atoms with E-state index in [4.69, 9.17) is 11.6 Å². The van der Waals surface area contributed by atoms with Crippen LogP contribution in [0.2, 0.25) is 4.34 Å². The molecule has 0 aliphatic carbocycles. The summed E-state index contributed by atoms with van der Waals surface area (Å²) in [7, 11) is 0. The van der Waals surface area contributed by atoms with Crippen molar-refractivity contribution < 1.29 is 14.7 Å². The van der Waals surface area contributed by atoms with Crippen molar-refractivity contribution in [3.05, 3.63) is 27.4 Å². The molecule has 20 heavy (non-hydrogen) atoms. The molecular weight excluding hydrogens is 298 g/mol. The number of aliphatic carboxylic acids is 1. The van der Waals surface area contributed by atoms with Gasteiger partial charge >= 0.3 is 5.97 Å². The number of amides is 1. The molecule has 1 atom stereocenters. The summed E-state index contributed by atoms with van der Waals surface area (Å²) in [4.78, 5) is 25.9. The smallest absolute Gasteiger partial charge is 0.311 e. The van der Waals surface area contributed by atoms with Crippen molar-refractivity contribution in [2.45, 2.75) is 19.8 Å². The third-order valence-corrected chi connectivity index (χ3v) is 4.70. The Hall–Kier alpha value is -1.33. The SMILES string of the molecule is CC1(C(=O)O)CCCN(C(=O)C=Cc2ccc(Cl)s2)C1. The molecule has 0 spiro atoms. The Morgan fingerprint density at radius 1 is 1.50 bits per heavy atom. The van der Waals surface area contributed by atoms with Crippen molar-refractivity contribution in [3.63, 3.8) is 0 Å². The highest BCUT2D eigenvalue weighted by Crippen LogP contribution is 2.30. The Balaban J connectivity index is 2.02. The summed E-state index contributed by atoms with van der Waals surface area (Å²) in [5.74, 6) is -0.995. The van der Waals surface area contributed by atoms with E-state index in [1.165, 1.54) is 17.4 Å². The van der Waals surface area contributed by atoms with E-state index in [-0.39, 0.29) is 12.5 Å². The number of thiophene rings is 1. The molecule has 6 heteroatoms. The van der Waals surface area contributed by atoms with E-state index in [0.717, 1.165) is 4.88 Å². The zero-order valence-corrected chi connectivity index (χ0v) is 12.7. The van der Waals surface area contributed by atoms with Gasteiger partial charge in [-0.15, -0.1) is 11.3 Å². The lowest BCUT2D eigenvalue weighted by molar-refractivity contribution is -0.152. The monoisotopic (exact) mass is 313 g/mol. The van der Waals surface area contributed by atoms with Crippen molar-refractivity contribution in [1.29, 1.82) is 0 Å². The molecule has 1 amide bonds. The fourth-order valence-electron chi connectivity index (χ4n) is 2.28. The highest BCUT2D eigenvalue weighted by Gasteiger charge is 2.38. The Bertz CT molecular complexity index is 554. The zero-order chi connectivity index (χ0) is 14.8. The highest BCUT2D eigenvalue weighted by molar-refractivity contribution is 7.17. The van der Waals surface area contributed by atoms with Crippen LogP contribution in [0.5, 0.6) is 0 Å². The van der Waals surface area contributed by atoms with E-state index in [2.05, 4.69) is 0 Å². The molecule has 1 fully saturated rings. The number of likely N-dealkylation sites (tertiary alicyclic amines) is 1. The number of carboxylic acid groups (broad SMARTS) is 1. The molecule has 1 aromatic heterocycles. The van der Waals surface area contributed by atoms with E-state index in [9.17, 15) is 14.7 Å².